The first-order valence-corrected chi connectivity index (χ1v) is 11.7. The average molecular weight is 452 g/mol. The molecule has 2 amide bonds. The van der Waals surface area contributed by atoms with Crippen LogP contribution in [0.3, 0.4) is 0 Å². The normalized spacial score (nSPS) is 11.1. The van der Waals surface area contributed by atoms with Crippen LogP contribution in [0.1, 0.15) is 37.4 Å². The number of nitrogens with two attached hydrogens (primary N) is 1. The van der Waals surface area contributed by atoms with Crippen LogP contribution < -0.4 is 15.4 Å². The van der Waals surface area contributed by atoms with E-state index in [2.05, 4.69) is 5.32 Å². The highest BCUT2D eigenvalue weighted by molar-refractivity contribution is 7.92. The molecule has 0 spiro atoms. The molecule has 32 heavy (non-hydrogen) atoms. The van der Waals surface area contributed by atoms with Gasteiger partial charge in [-0.25, -0.2) is 8.42 Å². The van der Waals surface area contributed by atoms with Crippen LogP contribution in [0.2, 0.25) is 0 Å². The van der Waals surface area contributed by atoms with Gasteiger partial charge in [0.1, 0.15) is 0 Å². The topological polar surface area (TPSA) is 110 Å². The van der Waals surface area contributed by atoms with Crippen LogP contribution in [-0.2, 0) is 16.6 Å². The second kappa shape index (κ2) is 9.23. The first-order chi connectivity index (χ1) is 15.0. The van der Waals surface area contributed by atoms with Crippen LogP contribution in [0.25, 0.3) is 0 Å². The van der Waals surface area contributed by atoms with Crippen molar-refractivity contribution in [3.63, 3.8) is 0 Å². The predicted octanol–water partition coefficient (Wildman–Crippen LogP) is 3.62. The Labute approximate surface area is 187 Å². The minimum Gasteiger partial charge on any atom is -0.366 e. The van der Waals surface area contributed by atoms with Crippen LogP contribution >= 0.6 is 0 Å². The highest BCUT2D eigenvalue weighted by Gasteiger charge is 2.18. The smallest absolute Gasteiger partial charge is 0.255 e. The third-order valence-electron chi connectivity index (χ3n) is 5.15. The highest BCUT2D eigenvalue weighted by atomic mass is 32.2. The van der Waals surface area contributed by atoms with Gasteiger partial charge < -0.3 is 11.1 Å². The van der Waals surface area contributed by atoms with Crippen molar-refractivity contribution in [1.82, 2.24) is 0 Å². The summed E-state index contributed by atoms with van der Waals surface area (Å²) in [6.45, 7) is 4.06. The van der Waals surface area contributed by atoms with Crippen molar-refractivity contribution in [2.45, 2.75) is 20.4 Å². The summed E-state index contributed by atoms with van der Waals surface area (Å²) in [7, 11) is -3.50. The average Bonchev–Trinajstić information content (AvgIpc) is 2.74. The van der Waals surface area contributed by atoms with Gasteiger partial charge in [-0.05, 0) is 79.1 Å². The number of aryl methyl sites for hydroxylation is 2. The van der Waals surface area contributed by atoms with Gasteiger partial charge in [0.2, 0.25) is 15.9 Å². The second-order valence-electron chi connectivity index (χ2n) is 7.63. The molecule has 0 bridgehead atoms. The lowest BCUT2D eigenvalue weighted by Crippen LogP contribution is -2.29. The van der Waals surface area contributed by atoms with Crippen LogP contribution in [0, 0.1) is 13.8 Å². The monoisotopic (exact) mass is 451 g/mol. The molecule has 0 atom stereocenters. The van der Waals surface area contributed by atoms with Gasteiger partial charge in [0, 0.05) is 16.8 Å². The molecule has 166 valence electrons. The third kappa shape index (κ3) is 5.53. The van der Waals surface area contributed by atoms with Crippen molar-refractivity contribution in [3.8, 4) is 0 Å². The minimum absolute atomic E-state index is 0.151. The zero-order valence-corrected chi connectivity index (χ0v) is 18.9. The summed E-state index contributed by atoms with van der Waals surface area (Å²) < 4.78 is 26.2. The van der Waals surface area contributed by atoms with Crippen molar-refractivity contribution >= 4 is 33.2 Å². The summed E-state index contributed by atoms with van der Waals surface area (Å²) in [5.74, 6) is -0.861. The fourth-order valence-corrected chi connectivity index (χ4v) is 4.01. The summed E-state index contributed by atoms with van der Waals surface area (Å²) in [5, 5.41) is 2.75. The van der Waals surface area contributed by atoms with E-state index in [-0.39, 0.29) is 12.5 Å². The number of rotatable bonds is 7. The van der Waals surface area contributed by atoms with Gasteiger partial charge in [-0.15, -0.1) is 0 Å². The van der Waals surface area contributed by atoms with Crippen molar-refractivity contribution < 1.29 is 18.0 Å². The third-order valence-corrected chi connectivity index (χ3v) is 6.29. The Balaban J connectivity index is 1.75. The Morgan fingerprint density at radius 3 is 2.00 bits per heavy atom. The van der Waals surface area contributed by atoms with Crippen LogP contribution in [-0.4, -0.2) is 26.5 Å². The van der Waals surface area contributed by atoms with Crippen LogP contribution in [0.5, 0.6) is 0 Å². The van der Waals surface area contributed by atoms with E-state index in [4.69, 9.17) is 5.73 Å². The number of carbonyl (C=O) groups is 2. The predicted molar refractivity (Wildman–Crippen MR) is 126 cm³/mol. The fraction of sp³-hybridized carbons (Fsp3) is 0.167. The van der Waals surface area contributed by atoms with Crippen LogP contribution in [0.15, 0.2) is 66.7 Å². The molecule has 3 rings (SSSR count). The maximum absolute atomic E-state index is 12.5. The van der Waals surface area contributed by atoms with Crippen molar-refractivity contribution in [2.75, 3.05) is 15.9 Å². The van der Waals surface area contributed by atoms with E-state index >= 15 is 0 Å². The van der Waals surface area contributed by atoms with E-state index in [1.165, 1.54) is 22.7 Å². The maximum atomic E-state index is 12.5. The Morgan fingerprint density at radius 2 is 1.47 bits per heavy atom. The van der Waals surface area contributed by atoms with Crippen molar-refractivity contribution in [1.29, 1.82) is 0 Å². The summed E-state index contributed by atoms with van der Waals surface area (Å²) >= 11 is 0. The Morgan fingerprint density at radius 1 is 0.875 bits per heavy atom. The molecule has 0 heterocycles. The van der Waals surface area contributed by atoms with Gasteiger partial charge in [-0.2, -0.15) is 0 Å². The van der Waals surface area contributed by atoms with E-state index in [0.717, 1.165) is 16.7 Å². The summed E-state index contributed by atoms with van der Waals surface area (Å²) in [4.78, 5) is 23.6. The molecule has 8 heteroatoms. The van der Waals surface area contributed by atoms with Crippen molar-refractivity contribution in [3.05, 3.63) is 94.5 Å². The fourth-order valence-electron chi connectivity index (χ4n) is 3.13. The SMILES string of the molecule is Cc1ccc(N(Cc2ccc(C(=O)Nc3ccc(C(N)=O)cc3)cc2)S(C)(=O)=O)cc1C. The number of hydrogen-bond acceptors (Lipinski definition) is 4. The molecule has 0 saturated carbocycles. The van der Waals surface area contributed by atoms with Gasteiger partial charge in [0.05, 0.1) is 18.5 Å². The largest absolute Gasteiger partial charge is 0.366 e. The number of sulfonamides is 1. The molecule has 3 N–H and O–H groups in total. The zero-order valence-electron chi connectivity index (χ0n) is 18.1. The van der Waals surface area contributed by atoms with Crippen LogP contribution in [0.4, 0.5) is 11.4 Å². The molecule has 0 aliphatic rings. The number of anilines is 2. The van der Waals surface area contributed by atoms with Gasteiger partial charge in [-0.1, -0.05) is 18.2 Å². The van der Waals surface area contributed by atoms with Gasteiger partial charge >= 0.3 is 0 Å². The number of benzene rings is 3. The maximum Gasteiger partial charge on any atom is 0.255 e. The first kappa shape index (κ1) is 23.0. The Kier molecular flexibility index (Phi) is 6.64. The summed E-state index contributed by atoms with van der Waals surface area (Å²) in [6.07, 6.45) is 1.17. The minimum atomic E-state index is -3.50. The Bertz CT molecular complexity index is 1250. The highest BCUT2D eigenvalue weighted by Crippen LogP contribution is 2.24. The molecule has 0 aliphatic heterocycles. The molecule has 7 nitrogen and oxygen atoms in total. The number of primary amides is 1. The molecule has 0 unspecified atom stereocenters. The number of nitrogens with one attached hydrogen (secondary N) is 1. The molecule has 3 aromatic carbocycles. The molecular weight excluding hydrogens is 426 g/mol. The zero-order chi connectivity index (χ0) is 23.5. The molecule has 0 saturated heterocycles. The second-order valence-corrected chi connectivity index (χ2v) is 9.54. The number of amides is 2. The lowest BCUT2D eigenvalue weighted by atomic mass is 10.1. The van der Waals surface area contributed by atoms with Gasteiger partial charge in [-0.3, -0.25) is 13.9 Å². The number of nitrogens with zero attached hydrogens (tertiary/aromatic N) is 1. The number of hydrogen-bond donors (Lipinski definition) is 2. The lowest BCUT2D eigenvalue weighted by molar-refractivity contribution is 0.0998. The molecule has 3 aromatic rings. The first-order valence-electron chi connectivity index (χ1n) is 9.90. The van der Waals surface area contributed by atoms with E-state index in [9.17, 15) is 18.0 Å². The van der Waals surface area contributed by atoms with E-state index < -0.39 is 15.9 Å². The van der Waals surface area contributed by atoms with Gasteiger partial charge in [0.25, 0.3) is 5.91 Å². The molecule has 0 aliphatic carbocycles. The number of carbonyl (C=O) groups excluding carboxylic acids is 2. The van der Waals surface area contributed by atoms with E-state index in [1.54, 1.807) is 42.5 Å². The van der Waals surface area contributed by atoms with Gasteiger partial charge in [0.15, 0.2) is 0 Å². The molecular formula is C24H25N3O4S. The standard InChI is InChI=1S/C24H25N3O4S/c1-16-4-13-22(14-17(16)2)27(32(3,30)31)15-18-5-7-20(8-6-18)24(29)26-21-11-9-19(10-12-21)23(25)28/h4-14H,15H2,1-3H3,(H2,25,28)(H,26,29). The van der Waals surface area contributed by atoms with E-state index in [1.807, 2.05) is 26.0 Å². The molecule has 0 fully saturated rings. The van der Waals surface area contributed by atoms with Crippen molar-refractivity contribution in [2.24, 2.45) is 5.73 Å². The summed E-state index contributed by atoms with van der Waals surface area (Å²) in [5.41, 5.74) is 9.95. The summed E-state index contributed by atoms with van der Waals surface area (Å²) in [6, 6.07) is 18.5. The molecule has 0 aromatic heterocycles. The Hall–Kier alpha value is -3.65. The van der Waals surface area contributed by atoms with E-state index in [0.29, 0.717) is 22.5 Å². The molecule has 0 radical (unpaired) electrons. The quantitative estimate of drug-likeness (QED) is 0.572. The lowest BCUT2D eigenvalue weighted by Gasteiger charge is -2.23.